The van der Waals surface area contributed by atoms with Crippen molar-refractivity contribution in [2.45, 2.75) is 6.54 Å². The number of fused-ring (bicyclic) bond motifs is 1. The number of benzene rings is 2. The Balaban J connectivity index is 1.24. The van der Waals surface area contributed by atoms with Crippen molar-refractivity contribution in [3.8, 4) is 11.1 Å². The normalized spacial score (nSPS) is 14.5. The zero-order valence-electron chi connectivity index (χ0n) is 18.1. The van der Waals surface area contributed by atoms with E-state index in [4.69, 9.17) is 11.6 Å². The van der Waals surface area contributed by atoms with Crippen LogP contribution in [0.15, 0.2) is 66.3 Å². The summed E-state index contributed by atoms with van der Waals surface area (Å²) >= 11 is 7.71. The van der Waals surface area contributed by atoms with Crippen LogP contribution < -0.4 is 10.2 Å². The number of carbonyl (C=O) groups is 1. The van der Waals surface area contributed by atoms with Crippen molar-refractivity contribution in [2.24, 2.45) is 0 Å². The van der Waals surface area contributed by atoms with Crippen LogP contribution in [-0.4, -0.2) is 53.5 Å². The Kier molecular flexibility index (Phi) is 6.53. The molecular formula is C25H24ClN5OS. The van der Waals surface area contributed by atoms with Gasteiger partial charge in [0, 0.05) is 48.7 Å². The quantitative estimate of drug-likeness (QED) is 0.444. The van der Waals surface area contributed by atoms with Crippen molar-refractivity contribution >= 4 is 44.9 Å². The molecule has 1 aliphatic rings. The van der Waals surface area contributed by atoms with Crippen molar-refractivity contribution in [3.63, 3.8) is 0 Å². The van der Waals surface area contributed by atoms with Gasteiger partial charge in [0.05, 0.1) is 11.9 Å². The maximum Gasteiger partial charge on any atom is 0.234 e. The summed E-state index contributed by atoms with van der Waals surface area (Å²) in [6.07, 6.45) is 1.64. The van der Waals surface area contributed by atoms with Crippen molar-refractivity contribution in [1.82, 2.24) is 20.2 Å². The van der Waals surface area contributed by atoms with Crippen LogP contribution in [0.5, 0.6) is 0 Å². The van der Waals surface area contributed by atoms with Crippen molar-refractivity contribution in [3.05, 3.63) is 76.9 Å². The molecule has 1 aliphatic heterocycles. The summed E-state index contributed by atoms with van der Waals surface area (Å²) in [7, 11) is 0. The lowest BCUT2D eigenvalue weighted by Crippen LogP contribution is -2.49. The van der Waals surface area contributed by atoms with Gasteiger partial charge < -0.3 is 10.2 Å². The van der Waals surface area contributed by atoms with Gasteiger partial charge in [0.15, 0.2) is 0 Å². The number of nitrogens with zero attached hydrogens (tertiary/aromatic N) is 4. The number of aromatic nitrogens is 2. The van der Waals surface area contributed by atoms with Gasteiger partial charge in [0.25, 0.3) is 0 Å². The molecule has 0 aliphatic carbocycles. The summed E-state index contributed by atoms with van der Waals surface area (Å²) in [5, 5.41) is 6.96. The molecule has 0 radical (unpaired) electrons. The second-order valence-corrected chi connectivity index (χ2v) is 9.35. The first-order valence-electron chi connectivity index (χ1n) is 10.9. The highest BCUT2D eigenvalue weighted by Gasteiger charge is 2.23. The number of rotatable bonds is 6. The number of piperazine rings is 1. The van der Waals surface area contributed by atoms with Gasteiger partial charge in [-0.25, -0.2) is 9.97 Å². The zero-order valence-corrected chi connectivity index (χ0v) is 19.6. The third-order valence-electron chi connectivity index (χ3n) is 5.88. The Morgan fingerprint density at radius 1 is 1.00 bits per heavy atom. The second kappa shape index (κ2) is 9.87. The van der Waals surface area contributed by atoms with Gasteiger partial charge >= 0.3 is 0 Å². The van der Waals surface area contributed by atoms with E-state index in [0.717, 1.165) is 63.9 Å². The van der Waals surface area contributed by atoms with E-state index in [9.17, 15) is 4.79 Å². The highest BCUT2D eigenvalue weighted by molar-refractivity contribution is 7.17. The number of nitrogens with one attached hydrogen (secondary N) is 1. The lowest BCUT2D eigenvalue weighted by Gasteiger charge is -2.35. The van der Waals surface area contributed by atoms with Crippen molar-refractivity contribution in [1.29, 1.82) is 0 Å². The fourth-order valence-corrected chi connectivity index (χ4v) is 5.15. The summed E-state index contributed by atoms with van der Waals surface area (Å²) in [4.78, 5) is 27.0. The van der Waals surface area contributed by atoms with E-state index in [1.807, 2.05) is 54.6 Å². The molecule has 1 N–H and O–H groups in total. The Morgan fingerprint density at radius 3 is 2.52 bits per heavy atom. The second-order valence-electron chi connectivity index (χ2n) is 8.06. The standard InChI is InChI=1S/C25H24ClN5OS/c26-20-8-6-19(7-9-20)21-16-33-25-23(21)24(28-17-29-25)31-12-10-30(11-13-31)15-22(32)27-14-18-4-2-1-3-5-18/h1-9,16-17H,10-15H2,(H,27,32). The lowest BCUT2D eigenvalue weighted by atomic mass is 10.1. The molecule has 0 atom stereocenters. The Hall–Kier alpha value is -3.00. The monoisotopic (exact) mass is 477 g/mol. The first-order valence-corrected chi connectivity index (χ1v) is 12.2. The maximum absolute atomic E-state index is 12.4. The van der Waals surface area contributed by atoms with Crippen LogP contribution in [0.4, 0.5) is 5.82 Å². The lowest BCUT2D eigenvalue weighted by molar-refractivity contribution is -0.122. The van der Waals surface area contributed by atoms with Gasteiger partial charge in [-0.15, -0.1) is 11.3 Å². The largest absolute Gasteiger partial charge is 0.353 e. The van der Waals surface area contributed by atoms with Crippen LogP contribution in [0.3, 0.4) is 0 Å². The van der Waals surface area contributed by atoms with Gasteiger partial charge in [0.2, 0.25) is 5.91 Å². The number of halogens is 1. The topological polar surface area (TPSA) is 61.4 Å². The minimum Gasteiger partial charge on any atom is -0.353 e. The molecule has 0 unspecified atom stereocenters. The maximum atomic E-state index is 12.4. The molecule has 0 saturated carbocycles. The number of amides is 1. The summed E-state index contributed by atoms with van der Waals surface area (Å²) < 4.78 is 0. The first-order chi connectivity index (χ1) is 16.2. The minimum atomic E-state index is 0.0552. The zero-order chi connectivity index (χ0) is 22.6. The molecule has 8 heteroatoms. The summed E-state index contributed by atoms with van der Waals surface area (Å²) in [6, 6.07) is 17.9. The molecule has 4 aromatic rings. The van der Waals surface area contributed by atoms with Gasteiger partial charge in [0.1, 0.15) is 17.0 Å². The van der Waals surface area contributed by atoms with E-state index in [1.54, 1.807) is 17.7 Å². The number of thiophene rings is 1. The van der Waals surface area contributed by atoms with Crippen LogP contribution in [0.25, 0.3) is 21.3 Å². The number of anilines is 1. The molecule has 168 valence electrons. The molecule has 6 nitrogen and oxygen atoms in total. The fourth-order valence-electron chi connectivity index (χ4n) is 4.11. The molecule has 3 heterocycles. The van der Waals surface area contributed by atoms with E-state index in [1.165, 1.54) is 0 Å². The van der Waals surface area contributed by atoms with Crippen LogP contribution in [-0.2, 0) is 11.3 Å². The molecule has 1 amide bonds. The predicted octanol–water partition coefficient (Wildman–Crippen LogP) is 4.45. The van der Waals surface area contributed by atoms with E-state index < -0.39 is 0 Å². The van der Waals surface area contributed by atoms with E-state index in [0.29, 0.717) is 13.1 Å². The van der Waals surface area contributed by atoms with Crippen LogP contribution >= 0.6 is 22.9 Å². The van der Waals surface area contributed by atoms with Crippen molar-refractivity contribution < 1.29 is 4.79 Å². The molecule has 33 heavy (non-hydrogen) atoms. The third kappa shape index (κ3) is 5.00. The number of hydrogen-bond acceptors (Lipinski definition) is 6. The van der Waals surface area contributed by atoms with Gasteiger partial charge in [-0.1, -0.05) is 54.1 Å². The summed E-state index contributed by atoms with van der Waals surface area (Å²) in [5.41, 5.74) is 3.34. The molecule has 2 aromatic heterocycles. The smallest absolute Gasteiger partial charge is 0.234 e. The van der Waals surface area contributed by atoms with Gasteiger partial charge in [-0.2, -0.15) is 0 Å². The molecule has 0 bridgehead atoms. The highest BCUT2D eigenvalue weighted by atomic mass is 35.5. The van der Waals surface area contributed by atoms with E-state index in [-0.39, 0.29) is 5.91 Å². The average molecular weight is 478 g/mol. The molecule has 5 rings (SSSR count). The van der Waals surface area contributed by atoms with Crippen LogP contribution in [0, 0.1) is 0 Å². The molecule has 0 spiro atoms. The SMILES string of the molecule is O=C(CN1CCN(c2ncnc3scc(-c4ccc(Cl)cc4)c23)CC1)NCc1ccccc1. The molecule has 2 aromatic carbocycles. The van der Waals surface area contributed by atoms with E-state index in [2.05, 4.69) is 30.5 Å². The molecule has 1 saturated heterocycles. The third-order valence-corrected chi connectivity index (χ3v) is 7.02. The highest BCUT2D eigenvalue weighted by Crippen LogP contribution is 2.38. The Labute approximate surface area is 201 Å². The Bertz CT molecular complexity index is 1240. The molecular weight excluding hydrogens is 454 g/mol. The van der Waals surface area contributed by atoms with Crippen LogP contribution in [0.1, 0.15) is 5.56 Å². The van der Waals surface area contributed by atoms with Crippen molar-refractivity contribution in [2.75, 3.05) is 37.6 Å². The minimum absolute atomic E-state index is 0.0552. The molecule has 1 fully saturated rings. The Morgan fingerprint density at radius 2 is 1.76 bits per heavy atom. The number of hydrogen-bond donors (Lipinski definition) is 1. The van der Waals surface area contributed by atoms with Gasteiger partial charge in [-0.05, 0) is 23.3 Å². The van der Waals surface area contributed by atoms with E-state index >= 15 is 0 Å². The van der Waals surface area contributed by atoms with Crippen LogP contribution in [0.2, 0.25) is 5.02 Å². The van der Waals surface area contributed by atoms with Gasteiger partial charge in [-0.3, -0.25) is 9.69 Å². The average Bonchev–Trinajstić information content (AvgIpc) is 3.29. The first kappa shape index (κ1) is 21.8. The fraction of sp³-hybridized carbons (Fsp3) is 0.240. The predicted molar refractivity (Wildman–Crippen MR) is 135 cm³/mol. The summed E-state index contributed by atoms with van der Waals surface area (Å²) in [6.45, 7) is 4.22. The summed E-state index contributed by atoms with van der Waals surface area (Å²) in [5.74, 6) is 1.01. The number of carbonyl (C=O) groups excluding carboxylic acids is 1.